The van der Waals surface area contributed by atoms with Crippen molar-refractivity contribution in [2.45, 2.75) is 65.3 Å². The molecule has 2 N–H and O–H groups in total. The van der Waals surface area contributed by atoms with Gasteiger partial charge in [-0.25, -0.2) is 4.98 Å². The Labute approximate surface area is 121 Å². The number of aromatic amines is 1. The fourth-order valence-corrected chi connectivity index (χ4v) is 3.50. The summed E-state index contributed by atoms with van der Waals surface area (Å²) in [6.45, 7) is 6.49. The largest absolute Gasteiger partial charge is 0.347 e. The second kappa shape index (κ2) is 6.42. The monoisotopic (exact) mass is 277 g/mol. The molecule has 1 aliphatic rings. The van der Waals surface area contributed by atoms with Gasteiger partial charge in [0, 0.05) is 17.8 Å². The van der Waals surface area contributed by atoms with Crippen LogP contribution in [0.5, 0.6) is 0 Å². The average Bonchev–Trinajstić information content (AvgIpc) is 3.06. The first-order valence-corrected chi connectivity index (χ1v) is 7.87. The molecule has 0 radical (unpaired) electrons. The molecule has 1 aromatic rings. The van der Waals surface area contributed by atoms with Crippen LogP contribution in [-0.2, 0) is 4.79 Å². The lowest BCUT2D eigenvalue weighted by Gasteiger charge is -2.31. The van der Waals surface area contributed by atoms with Crippen LogP contribution in [0.2, 0.25) is 0 Å². The molecule has 1 fully saturated rings. The third-order valence-corrected chi connectivity index (χ3v) is 4.40. The van der Waals surface area contributed by atoms with Crippen molar-refractivity contribution in [3.05, 3.63) is 18.2 Å². The molecule has 0 saturated heterocycles. The van der Waals surface area contributed by atoms with Gasteiger partial charge in [-0.05, 0) is 31.6 Å². The van der Waals surface area contributed by atoms with E-state index in [1.165, 1.54) is 12.8 Å². The van der Waals surface area contributed by atoms with E-state index in [2.05, 4.69) is 36.1 Å². The van der Waals surface area contributed by atoms with Gasteiger partial charge in [0.05, 0.1) is 6.04 Å². The number of H-pyrrole nitrogens is 1. The average molecular weight is 277 g/mol. The van der Waals surface area contributed by atoms with Crippen LogP contribution in [-0.4, -0.2) is 15.9 Å². The number of hydrogen-bond donors (Lipinski definition) is 2. The number of amides is 1. The van der Waals surface area contributed by atoms with E-state index in [4.69, 9.17) is 0 Å². The normalized spacial score (nSPS) is 19.2. The zero-order valence-corrected chi connectivity index (χ0v) is 12.9. The van der Waals surface area contributed by atoms with Crippen molar-refractivity contribution < 1.29 is 4.79 Å². The van der Waals surface area contributed by atoms with Gasteiger partial charge < -0.3 is 10.3 Å². The lowest BCUT2D eigenvalue weighted by Crippen LogP contribution is -2.42. The molecule has 112 valence electrons. The van der Waals surface area contributed by atoms with Crippen molar-refractivity contribution in [3.8, 4) is 0 Å². The van der Waals surface area contributed by atoms with Gasteiger partial charge in [0.2, 0.25) is 5.91 Å². The topological polar surface area (TPSA) is 57.8 Å². The number of rotatable bonds is 6. The number of nitrogens with one attached hydrogen (secondary N) is 2. The van der Waals surface area contributed by atoms with Crippen molar-refractivity contribution in [2.75, 3.05) is 0 Å². The number of carbonyl (C=O) groups is 1. The zero-order valence-electron chi connectivity index (χ0n) is 12.9. The van der Waals surface area contributed by atoms with Crippen molar-refractivity contribution >= 4 is 5.91 Å². The minimum Gasteiger partial charge on any atom is -0.347 e. The minimum absolute atomic E-state index is 0.00198. The summed E-state index contributed by atoms with van der Waals surface area (Å²) >= 11 is 0. The Kier molecular flexibility index (Phi) is 4.84. The molecule has 0 aliphatic heterocycles. The third kappa shape index (κ3) is 3.22. The highest BCUT2D eigenvalue weighted by Gasteiger charge is 2.42. The minimum atomic E-state index is -0.145. The number of nitrogens with zero attached hydrogens (tertiary/aromatic N) is 1. The molecule has 20 heavy (non-hydrogen) atoms. The first-order valence-electron chi connectivity index (χ1n) is 7.87. The highest BCUT2D eigenvalue weighted by atomic mass is 16.2. The predicted octanol–water partition coefficient (Wildman–Crippen LogP) is 3.58. The summed E-state index contributed by atoms with van der Waals surface area (Å²) in [5, 5.41) is 3.22. The molecular weight excluding hydrogens is 250 g/mol. The van der Waals surface area contributed by atoms with Crippen LogP contribution in [0.1, 0.15) is 71.2 Å². The maximum atomic E-state index is 12.8. The third-order valence-electron chi connectivity index (χ3n) is 4.40. The van der Waals surface area contributed by atoms with E-state index in [1.54, 1.807) is 6.20 Å². The maximum Gasteiger partial charge on any atom is 0.226 e. The van der Waals surface area contributed by atoms with Crippen LogP contribution in [0.15, 0.2) is 12.4 Å². The van der Waals surface area contributed by atoms with Gasteiger partial charge in [0.1, 0.15) is 5.82 Å². The Morgan fingerprint density at radius 1 is 1.45 bits per heavy atom. The number of aromatic nitrogens is 2. The van der Waals surface area contributed by atoms with Crippen molar-refractivity contribution in [1.29, 1.82) is 0 Å². The van der Waals surface area contributed by atoms with E-state index in [1.807, 2.05) is 6.20 Å². The summed E-state index contributed by atoms with van der Waals surface area (Å²) in [6, 6.07) is 0.00198. The SMILES string of the molecule is CCC(NC(=O)C1(CC(C)C)CCCC1)c1ncc[nH]1. The van der Waals surface area contributed by atoms with Crippen molar-refractivity contribution in [2.24, 2.45) is 11.3 Å². The maximum absolute atomic E-state index is 12.8. The number of hydrogen-bond acceptors (Lipinski definition) is 2. The van der Waals surface area contributed by atoms with Crippen LogP contribution >= 0.6 is 0 Å². The first kappa shape index (κ1) is 15.1. The van der Waals surface area contributed by atoms with E-state index in [0.29, 0.717) is 5.92 Å². The lowest BCUT2D eigenvalue weighted by molar-refractivity contribution is -0.132. The van der Waals surface area contributed by atoms with E-state index < -0.39 is 0 Å². The molecule has 4 heteroatoms. The summed E-state index contributed by atoms with van der Waals surface area (Å²) in [4.78, 5) is 20.2. The Morgan fingerprint density at radius 3 is 2.65 bits per heavy atom. The standard InChI is InChI=1S/C16H27N3O/c1-4-13(14-17-9-10-18-14)19-15(20)16(11-12(2)3)7-5-6-8-16/h9-10,12-13H,4-8,11H2,1-3H3,(H,17,18)(H,19,20). The van der Waals surface area contributed by atoms with Crippen LogP contribution in [0.25, 0.3) is 0 Å². The van der Waals surface area contributed by atoms with Gasteiger partial charge in [0.15, 0.2) is 0 Å². The highest BCUT2D eigenvalue weighted by Crippen LogP contribution is 2.43. The van der Waals surface area contributed by atoms with Crippen molar-refractivity contribution in [1.82, 2.24) is 15.3 Å². The van der Waals surface area contributed by atoms with Crippen LogP contribution < -0.4 is 5.32 Å². The quantitative estimate of drug-likeness (QED) is 0.835. The molecule has 1 heterocycles. The van der Waals surface area contributed by atoms with Gasteiger partial charge >= 0.3 is 0 Å². The van der Waals surface area contributed by atoms with Gasteiger partial charge in [0.25, 0.3) is 0 Å². The fraction of sp³-hybridized carbons (Fsp3) is 0.750. The van der Waals surface area contributed by atoms with Crippen LogP contribution in [0, 0.1) is 11.3 Å². The molecule has 2 rings (SSSR count). The predicted molar refractivity (Wildman–Crippen MR) is 80.1 cm³/mol. The Morgan fingerprint density at radius 2 is 2.15 bits per heavy atom. The fourth-order valence-electron chi connectivity index (χ4n) is 3.50. The molecular formula is C16H27N3O. The summed E-state index contributed by atoms with van der Waals surface area (Å²) in [6.07, 6.45) is 9.82. The second-order valence-electron chi connectivity index (χ2n) is 6.49. The molecule has 1 aliphatic carbocycles. The molecule has 4 nitrogen and oxygen atoms in total. The van der Waals surface area contributed by atoms with E-state index in [-0.39, 0.29) is 17.4 Å². The van der Waals surface area contributed by atoms with Gasteiger partial charge in [-0.1, -0.05) is 33.6 Å². The van der Waals surface area contributed by atoms with E-state index in [9.17, 15) is 4.79 Å². The van der Waals surface area contributed by atoms with Crippen LogP contribution in [0.3, 0.4) is 0 Å². The number of imidazole rings is 1. The second-order valence-corrected chi connectivity index (χ2v) is 6.49. The molecule has 1 saturated carbocycles. The summed E-state index contributed by atoms with van der Waals surface area (Å²) < 4.78 is 0. The van der Waals surface area contributed by atoms with Gasteiger partial charge in [-0.2, -0.15) is 0 Å². The zero-order chi connectivity index (χ0) is 14.6. The van der Waals surface area contributed by atoms with E-state index >= 15 is 0 Å². The molecule has 1 unspecified atom stereocenters. The molecule has 0 aromatic carbocycles. The Balaban J connectivity index is 2.08. The summed E-state index contributed by atoms with van der Waals surface area (Å²) in [5.74, 6) is 1.65. The van der Waals surface area contributed by atoms with Gasteiger partial charge in [-0.3, -0.25) is 4.79 Å². The molecule has 0 bridgehead atoms. The molecule has 1 amide bonds. The summed E-state index contributed by atoms with van der Waals surface area (Å²) in [5.41, 5.74) is -0.145. The molecule has 0 spiro atoms. The van der Waals surface area contributed by atoms with Gasteiger partial charge in [-0.15, -0.1) is 0 Å². The smallest absolute Gasteiger partial charge is 0.226 e. The summed E-state index contributed by atoms with van der Waals surface area (Å²) in [7, 11) is 0. The lowest BCUT2D eigenvalue weighted by atomic mass is 9.77. The molecule has 1 atom stereocenters. The first-order chi connectivity index (χ1) is 9.57. The number of carbonyl (C=O) groups excluding carboxylic acids is 1. The highest BCUT2D eigenvalue weighted by molar-refractivity contribution is 5.83. The van der Waals surface area contributed by atoms with Crippen molar-refractivity contribution in [3.63, 3.8) is 0 Å². The van der Waals surface area contributed by atoms with E-state index in [0.717, 1.165) is 31.5 Å². The molecule has 1 aromatic heterocycles. The Hall–Kier alpha value is -1.32. The van der Waals surface area contributed by atoms with Crippen LogP contribution in [0.4, 0.5) is 0 Å². The Bertz CT molecular complexity index is 419.